The molecule has 0 aliphatic carbocycles. The third kappa shape index (κ3) is 44.4. The first kappa shape index (κ1) is 56.9. The summed E-state index contributed by atoms with van der Waals surface area (Å²) in [5.74, 6) is -0.330. The lowest BCUT2D eigenvalue weighted by Gasteiger charge is -2.21. The SMILES string of the molecule is CCCCCCCCCCCCN(CCC)CCCCCCCCCC(=O)OCCOC(=O)CCCCCCCCCN(CCC)CCCCCCCCCCCC. The van der Waals surface area contributed by atoms with Crippen molar-refractivity contribution in [2.75, 3.05) is 52.5 Å². The van der Waals surface area contributed by atoms with Gasteiger partial charge in [0.25, 0.3) is 0 Å². The van der Waals surface area contributed by atoms with Crippen LogP contribution in [0, 0.1) is 0 Å². The monoisotopic (exact) mass is 821 g/mol. The van der Waals surface area contributed by atoms with Crippen LogP contribution in [0.2, 0.25) is 0 Å². The van der Waals surface area contributed by atoms with E-state index in [2.05, 4.69) is 37.5 Å². The molecule has 0 aromatic heterocycles. The molecule has 0 amide bonds. The van der Waals surface area contributed by atoms with Crippen LogP contribution in [0.1, 0.15) is 272 Å². The molecule has 0 spiro atoms. The van der Waals surface area contributed by atoms with Gasteiger partial charge in [-0.25, -0.2) is 0 Å². The highest BCUT2D eigenvalue weighted by atomic mass is 16.6. The van der Waals surface area contributed by atoms with Crippen molar-refractivity contribution in [1.82, 2.24) is 9.80 Å². The average Bonchev–Trinajstić information content (AvgIpc) is 3.22. The van der Waals surface area contributed by atoms with Gasteiger partial charge < -0.3 is 19.3 Å². The summed E-state index contributed by atoms with van der Waals surface area (Å²) >= 11 is 0. The Kier molecular flexibility index (Phi) is 47.6. The van der Waals surface area contributed by atoms with Crippen LogP contribution < -0.4 is 0 Å². The zero-order valence-electron chi connectivity index (χ0n) is 40.1. The summed E-state index contributed by atoms with van der Waals surface area (Å²) in [6, 6.07) is 0. The van der Waals surface area contributed by atoms with Gasteiger partial charge in [-0.05, 0) is 90.6 Å². The van der Waals surface area contributed by atoms with Gasteiger partial charge >= 0.3 is 11.9 Å². The summed E-state index contributed by atoms with van der Waals surface area (Å²) in [4.78, 5) is 29.6. The summed E-state index contributed by atoms with van der Waals surface area (Å²) in [5, 5.41) is 0. The van der Waals surface area contributed by atoms with Gasteiger partial charge in [-0.2, -0.15) is 0 Å². The van der Waals surface area contributed by atoms with Crippen molar-refractivity contribution in [2.24, 2.45) is 0 Å². The number of ether oxygens (including phenoxy) is 2. The van der Waals surface area contributed by atoms with Gasteiger partial charge in [0.15, 0.2) is 0 Å². The second-order valence-corrected chi connectivity index (χ2v) is 17.9. The van der Waals surface area contributed by atoms with Crippen LogP contribution in [-0.2, 0) is 19.1 Å². The van der Waals surface area contributed by atoms with Crippen LogP contribution >= 0.6 is 0 Å². The van der Waals surface area contributed by atoms with E-state index >= 15 is 0 Å². The summed E-state index contributed by atoms with van der Waals surface area (Å²) in [7, 11) is 0. The molecule has 0 atom stereocenters. The Balaban J connectivity index is 3.57. The van der Waals surface area contributed by atoms with Crippen molar-refractivity contribution >= 4 is 11.9 Å². The van der Waals surface area contributed by atoms with Crippen LogP contribution in [-0.4, -0.2) is 74.2 Å². The first-order valence-electron chi connectivity index (χ1n) is 26.3. The Morgan fingerprint density at radius 1 is 0.276 bits per heavy atom. The predicted octanol–water partition coefficient (Wildman–Crippen LogP) is 15.6. The summed E-state index contributed by atoms with van der Waals surface area (Å²) in [6.07, 6.45) is 48.3. The number of carbonyl (C=O) groups excluding carboxylic acids is 2. The van der Waals surface area contributed by atoms with E-state index in [0.29, 0.717) is 12.8 Å². The molecule has 0 radical (unpaired) electrons. The number of rotatable bonds is 49. The number of unbranched alkanes of at least 4 members (excludes halogenated alkanes) is 30. The molecule has 6 nitrogen and oxygen atoms in total. The number of nitrogens with zero attached hydrogens (tertiary/aromatic N) is 2. The maximum Gasteiger partial charge on any atom is 0.305 e. The van der Waals surface area contributed by atoms with E-state index in [1.54, 1.807) is 0 Å². The van der Waals surface area contributed by atoms with Crippen LogP contribution in [0.3, 0.4) is 0 Å². The standard InChI is InChI=1S/C52H104N2O4/c1-5-9-11-13-15-17-19-25-31-37-45-53(43-7-3)47-39-33-27-21-23-29-35-41-51(55)57-49-50-58-52(56)42-36-30-24-22-28-34-40-48-54(44-8-4)46-38-32-26-20-18-16-14-12-10-6-2/h5-50H2,1-4H3. The summed E-state index contributed by atoms with van der Waals surface area (Å²) in [6.45, 7) is 17.1. The fourth-order valence-corrected chi connectivity index (χ4v) is 8.38. The highest BCUT2D eigenvalue weighted by molar-refractivity contribution is 5.70. The van der Waals surface area contributed by atoms with Crippen LogP contribution in [0.25, 0.3) is 0 Å². The maximum absolute atomic E-state index is 12.1. The van der Waals surface area contributed by atoms with Gasteiger partial charge in [-0.15, -0.1) is 0 Å². The molecule has 346 valence electrons. The molecule has 0 unspecified atom stereocenters. The van der Waals surface area contributed by atoms with E-state index in [4.69, 9.17) is 9.47 Å². The van der Waals surface area contributed by atoms with E-state index in [0.717, 1.165) is 25.7 Å². The van der Waals surface area contributed by atoms with Crippen molar-refractivity contribution in [3.63, 3.8) is 0 Å². The molecule has 0 aromatic rings. The minimum Gasteiger partial charge on any atom is -0.462 e. The second-order valence-electron chi connectivity index (χ2n) is 17.9. The van der Waals surface area contributed by atoms with E-state index in [1.807, 2.05) is 0 Å². The third-order valence-electron chi connectivity index (χ3n) is 12.1. The largest absolute Gasteiger partial charge is 0.462 e. The lowest BCUT2D eigenvalue weighted by molar-refractivity contribution is -0.152. The summed E-state index contributed by atoms with van der Waals surface area (Å²) in [5.41, 5.74) is 0. The molecule has 0 saturated carbocycles. The van der Waals surface area contributed by atoms with Crippen molar-refractivity contribution in [3.05, 3.63) is 0 Å². The van der Waals surface area contributed by atoms with E-state index < -0.39 is 0 Å². The van der Waals surface area contributed by atoms with Gasteiger partial charge in [0.2, 0.25) is 0 Å². The minimum atomic E-state index is -0.165. The molecular formula is C52H104N2O4. The third-order valence-corrected chi connectivity index (χ3v) is 12.1. The molecule has 0 aromatic carbocycles. The highest BCUT2D eigenvalue weighted by Gasteiger charge is 2.08. The number of carbonyl (C=O) groups is 2. The van der Waals surface area contributed by atoms with Crippen molar-refractivity contribution in [1.29, 1.82) is 0 Å². The van der Waals surface area contributed by atoms with Crippen LogP contribution in [0.15, 0.2) is 0 Å². The predicted molar refractivity (Wildman–Crippen MR) is 253 cm³/mol. The van der Waals surface area contributed by atoms with Crippen molar-refractivity contribution in [2.45, 2.75) is 272 Å². The first-order valence-corrected chi connectivity index (χ1v) is 26.3. The topological polar surface area (TPSA) is 59.1 Å². The fourth-order valence-electron chi connectivity index (χ4n) is 8.38. The lowest BCUT2D eigenvalue weighted by Crippen LogP contribution is -2.27. The summed E-state index contributed by atoms with van der Waals surface area (Å²) < 4.78 is 10.6. The number of hydrogen-bond acceptors (Lipinski definition) is 6. The molecule has 0 aliphatic rings. The Hall–Kier alpha value is -1.14. The van der Waals surface area contributed by atoms with Gasteiger partial charge in [0.1, 0.15) is 13.2 Å². The Morgan fingerprint density at radius 2 is 0.500 bits per heavy atom. The molecule has 0 fully saturated rings. The molecule has 0 N–H and O–H groups in total. The molecule has 0 heterocycles. The number of esters is 2. The second kappa shape index (κ2) is 48.5. The Morgan fingerprint density at radius 3 is 0.741 bits per heavy atom. The van der Waals surface area contributed by atoms with E-state index in [1.165, 1.54) is 245 Å². The molecule has 0 bridgehead atoms. The molecular weight excluding hydrogens is 717 g/mol. The smallest absolute Gasteiger partial charge is 0.305 e. The zero-order chi connectivity index (χ0) is 42.3. The maximum atomic E-state index is 12.1. The Labute approximate surface area is 363 Å². The zero-order valence-corrected chi connectivity index (χ0v) is 40.1. The average molecular weight is 821 g/mol. The minimum absolute atomic E-state index is 0.165. The number of hydrogen-bond donors (Lipinski definition) is 0. The van der Waals surface area contributed by atoms with Gasteiger partial charge in [0, 0.05) is 12.8 Å². The molecule has 0 saturated heterocycles. The van der Waals surface area contributed by atoms with E-state index in [9.17, 15) is 9.59 Å². The van der Waals surface area contributed by atoms with Crippen LogP contribution in [0.5, 0.6) is 0 Å². The Bertz CT molecular complexity index is 757. The fraction of sp³-hybridized carbons (Fsp3) is 0.962. The molecule has 6 heteroatoms. The van der Waals surface area contributed by atoms with Gasteiger partial charge in [-0.3, -0.25) is 9.59 Å². The normalized spacial score (nSPS) is 11.6. The molecule has 0 aliphatic heterocycles. The van der Waals surface area contributed by atoms with Gasteiger partial charge in [0.05, 0.1) is 0 Å². The van der Waals surface area contributed by atoms with Crippen LogP contribution in [0.4, 0.5) is 0 Å². The molecule has 58 heavy (non-hydrogen) atoms. The van der Waals surface area contributed by atoms with Gasteiger partial charge in [-0.1, -0.05) is 207 Å². The molecule has 0 rings (SSSR count). The lowest BCUT2D eigenvalue weighted by atomic mass is 10.1. The van der Waals surface area contributed by atoms with Crippen molar-refractivity contribution < 1.29 is 19.1 Å². The highest BCUT2D eigenvalue weighted by Crippen LogP contribution is 2.15. The quantitative estimate of drug-likeness (QED) is 0.0450. The first-order chi connectivity index (χ1) is 28.6. The van der Waals surface area contributed by atoms with E-state index in [-0.39, 0.29) is 25.2 Å². The van der Waals surface area contributed by atoms with Crippen molar-refractivity contribution in [3.8, 4) is 0 Å².